The standard InChI is InChI=1S/C28H37N5/c1-5-7-24(18-29-2)26-10-11-27(31-28(26)30-17-21-12-14-32(3)19-21)23-9-6-8-22(16-23)25-13-15-33(4)20-25/h6-11,13,15-16,18,20-21,28,30-31H,5,12,14,17,19H2,1-4H3/b24-7+,29-18?/t21-,28?/m1/s1. The zero-order valence-corrected chi connectivity index (χ0v) is 20.4. The van der Waals surface area contributed by atoms with Gasteiger partial charge in [-0.3, -0.25) is 10.3 Å². The summed E-state index contributed by atoms with van der Waals surface area (Å²) >= 11 is 0. The summed E-state index contributed by atoms with van der Waals surface area (Å²) < 4.78 is 2.09. The van der Waals surface area contributed by atoms with Crippen LogP contribution in [0.4, 0.5) is 0 Å². The molecule has 5 heteroatoms. The van der Waals surface area contributed by atoms with Gasteiger partial charge in [-0.15, -0.1) is 0 Å². The van der Waals surface area contributed by atoms with Crippen LogP contribution >= 0.6 is 0 Å². The predicted octanol–water partition coefficient (Wildman–Crippen LogP) is 4.47. The van der Waals surface area contributed by atoms with Crippen LogP contribution in [0.2, 0.25) is 0 Å². The normalized spacial score (nSPS) is 21.9. The molecule has 0 bridgehead atoms. The van der Waals surface area contributed by atoms with E-state index in [-0.39, 0.29) is 6.17 Å². The molecule has 2 N–H and O–H groups in total. The number of benzene rings is 1. The fourth-order valence-electron chi connectivity index (χ4n) is 4.78. The number of dihydropyridines is 1. The van der Waals surface area contributed by atoms with Crippen molar-refractivity contribution in [1.82, 2.24) is 20.1 Å². The molecule has 174 valence electrons. The van der Waals surface area contributed by atoms with Gasteiger partial charge in [-0.25, -0.2) is 0 Å². The number of likely N-dealkylation sites (tertiary alicyclic amines) is 1. The smallest absolute Gasteiger partial charge is 0.104 e. The highest BCUT2D eigenvalue weighted by Gasteiger charge is 2.25. The number of hydrogen-bond acceptors (Lipinski definition) is 4. The Morgan fingerprint density at radius 3 is 2.73 bits per heavy atom. The molecule has 0 spiro atoms. The van der Waals surface area contributed by atoms with Gasteiger partial charge in [0.1, 0.15) is 6.17 Å². The van der Waals surface area contributed by atoms with Gasteiger partial charge in [0.2, 0.25) is 0 Å². The van der Waals surface area contributed by atoms with E-state index in [9.17, 15) is 0 Å². The minimum absolute atomic E-state index is 0.0482. The third-order valence-electron chi connectivity index (χ3n) is 6.50. The van der Waals surface area contributed by atoms with Crippen LogP contribution in [0.1, 0.15) is 25.3 Å². The lowest BCUT2D eigenvalue weighted by Crippen LogP contribution is -2.46. The summed E-state index contributed by atoms with van der Waals surface area (Å²) in [5.41, 5.74) is 7.23. The Morgan fingerprint density at radius 1 is 1.18 bits per heavy atom. The highest BCUT2D eigenvalue weighted by Crippen LogP contribution is 2.27. The van der Waals surface area contributed by atoms with E-state index in [0.717, 1.165) is 25.2 Å². The van der Waals surface area contributed by atoms with Crippen LogP contribution in [0.3, 0.4) is 0 Å². The number of nitrogens with one attached hydrogen (secondary N) is 2. The van der Waals surface area contributed by atoms with Crippen molar-refractivity contribution in [2.24, 2.45) is 18.0 Å². The fourth-order valence-corrected chi connectivity index (χ4v) is 4.78. The van der Waals surface area contributed by atoms with Crippen LogP contribution in [0, 0.1) is 5.92 Å². The van der Waals surface area contributed by atoms with Crippen molar-refractivity contribution in [1.29, 1.82) is 0 Å². The number of rotatable bonds is 8. The van der Waals surface area contributed by atoms with Crippen molar-refractivity contribution in [3.8, 4) is 11.1 Å². The van der Waals surface area contributed by atoms with Gasteiger partial charge in [-0.1, -0.05) is 37.3 Å². The van der Waals surface area contributed by atoms with Crippen LogP contribution in [-0.2, 0) is 7.05 Å². The van der Waals surface area contributed by atoms with Crippen LogP contribution in [0.25, 0.3) is 16.8 Å². The number of hydrogen-bond donors (Lipinski definition) is 2. The molecule has 2 aliphatic heterocycles. The van der Waals surface area contributed by atoms with E-state index >= 15 is 0 Å². The zero-order chi connectivity index (χ0) is 23.2. The molecule has 2 aliphatic rings. The molecule has 5 nitrogen and oxygen atoms in total. The molecule has 33 heavy (non-hydrogen) atoms. The summed E-state index contributed by atoms with van der Waals surface area (Å²) in [5, 5.41) is 7.62. The molecule has 1 fully saturated rings. The van der Waals surface area contributed by atoms with Crippen molar-refractivity contribution in [3.05, 3.63) is 77.7 Å². The molecule has 1 aromatic carbocycles. The molecule has 0 amide bonds. The van der Waals surface area contributed by atoms with Crippen molar-refractivity contribution >= 4 is 11.9 Å². The minimum Gasteiger partial charge on any atom is -0.365 e. The average Bonchev–Trinajstić information content (AvgIpc) is 3.45. The van der Waals surface area contributed by atoms with E-state index in [1.165, 1.54) is 40.8 Å². The van der Waals surface area contributed by atoms with Crippen LogP contribution in [0.5, 0.6) is 0 Å². The summed E-state index contributed by atoms with van der Waals surface area (Å²) in [6.07, 6.45) is 15.2. The molecule has 3 heterocycles. The Morgan fingerprint density at radius 2 is 2.03 bits per heavy atom. The first kappa shape index (κ1) is 23.3. The van der Waals surface area contributed by atoms with Crippen LogP contribution in [0.15, 0.2) is 77.1 Å². The van der Waals surface area contributed by atoms with Gasteiger partial charge >= 0.3 is 0 Å². The van der Waals surface area contributed by atoms with E-state index in [1.807, 2.05) is 13.3 Å². The molecule has 1 aromatic heterocycles. The van der Waals surface area contributed by atoms with E-state index in [4.69, 9.17) is 0 Å². The summed E-state index contributed by atoms with van der Waals surface area (Å²) in [6.45, 7) is 5.52. The Kier molecular flexibility index (Phi) is 7.63. The molecule has 2 aromatic rings. The number of nitrogens with zero attached hydrogens (tertiary/aromatic N) is 3. The SMILES string of the molecule is CC/C=C(\C=NC)C1=CC=C(c2cccc(-c3ccn(C)c3)c2)NC1NC[C@H]1CCN(C)C1. The zero-order valence-electron chi connectivity index (χ0n) is 20.4. The van der Waals surface area contributed by atoms with Crippen molar-refractivity contribution < 1.29 is 0 Å². The van der Waals surface area contributed by atoms with Crippen molar-refractivity contribution in [3.63, 3.8) is 0 Å². The lowest BCUT2D eigenvalue weighted by Gasteiger charge is -2.30. The largest absolute Gasteiger partial charge is 0.365 e. The fraction of sp³-hybridized carbons (Fsp3) is 0.393. The topological polar surface area (TPSA) is 44.6 Å². The Labute approximate surface area is 198 Å². The summed E-state index contributed by atoms with van der Waals surface area (Å²) in [7, 11) is 6.11. The molecule has 0 saturated carbocycles. The number of aryl methyl sites for hydroxylation is 1. The third kappa shape index (κ3) is 5.73. The second kappa shape index (κ2) is 10.8. The minimum atomic E-state index is 0.0482. The molecule has 0 aliphatic carbocycles. The lowest BCUT2D eigenvalue weighted by molar-refractivity contribution is 0.380. The Bertz CT molecular complexity index is 1070. The number of aromatic nitrogens is 1. The van der Waals surface area contributed by atoms with Crippen LogP contribution in [-0.4, -0.2) is 55.6 Å². The highest BCUT2D eigenvalue weighted by molar-refractivity contribution is 5.86. The Hall–Kier alpha value is -2.89. The monoisotopic (exact) mass is 443 g/mol. The van der Waals surface area contributed by atoms with Gasteiger partial charge in [0.25, 0.3) is 0 Å². The van der Waals surface area contributed by atoms with Gasteiger partial charge in [0.15, 0.2) is 0 Å². The van der Waals surface area contributed by atoms with Crippen LogP contribution < -0.4 is 10.6 Å². The van der Waals surface area contributed by atoms with E-state index in [2.05, 4.69) is 107 Å². The first-order valence-corrected chi connectivity index (χ1v) is 12.0. The maximum atomic E-state index is 4.32. The molecule has 4 rings (SSSR count). The molecule has 2 atom stereocenters. The van der Waals surface area contributed by atoms with Crippen molar-refractivity contribution in [2.75, 3.05) is 33.7 Å². The molecular formula is C28H37N5. The van der Waals surface area contributed by atoms with Gasteiger partial charge in [-0.2, -0.15) is 0 Å². The second-order valence-corrected chi connectivity index (χ2v) is 9.21. The highest BCUT2D eigenvalue weighted by atomic mass is 15.2. The maximum absolute atomic E-state index is 4.32. The summed E-state index contributed by atoms with van der Waals surface area (Å²) in [6, 6.07) is 10.9. The van der Waals surface area contributed by atoms with E-state index in [0.29, 0.717) is 5.92 Å². The second-order valence-electron chi connectivity index (χ2n) is 9.21. The third-order valence-corrected chi connectivity index (χ3v) is 6.50. The lowest BCUT2D eigenvalue weighted by atomic mass is 9.96. The Balaban J connectivity index is 1.61. The first-order chi connectivity index (χ1) is 16.1. The van der Waals surface area contributed by atoms with Crippen molar-refractivity contribution in [2.45, 2.75) is 25.9 Å². The molecular weight excluding hydrogens is 406 g/mol. The number of aliphatic imine (C=N–C) groups is 1. The summed E-state index contributed by atoms with van der Waals surface area (Å²) in [4.78, 5) is 6.74. The van der Waals surface area contributed by atoms with E-state index in [1.54, 1.807) is 0 Å². The van der Waals surface area contributed by atoms with Gasteiger partial charge in [-0.05, 0) is 78.4 Å². The molecule has 1 saturated heterocycles. The quantitative estimate of drug-likeness (QED) is 0.592. The maximum Gasteiger partial charge on any atom is 0.104 e. The van der Waals surface area contributed by atoms with Gasteiger partial charge < -0.3 is 14.8 Å². The predicted molar refractivity (Wildman–Crippen MR) is 140 cm³/mol. The molecule has 1 unspecified atom stereocenters. The van der Waals surface area contributed by atoms with Gasteiger partial charge in [0.05, 0.1) is 0 Å². The number of allylic oxidation sites excluding steroid dienone is 3. The first-order valence-electron chi connectivity index (χ1n) is 12.0. The van der Waals surface area contributed by atoms with Gasteiger partial charge in [0, 0.05) is 51.5 Å². The average molecular weight is 444 g/mol. The molecule has 0 radical (unpaired) electrons. The van der Waals surface area contributed by atoms with E-state index < -0.39 is 0 Å². The summed E-state index contributed by atoms with van der Waals surface area (Å²) in [5.74, 6) is 0.687.